The fraction of sp³-hybridized carbons (Fsp3) is 0.316. The molecule has 1 fully saturated rings. The zero-order chi connectivity index (χ0) is 18.1. The molecule has 25 heavy (non-hydrogen) atoms. The molecule has 0 unspecified atom stereocenters. The van der Waals surface area contributed by atoms with Crippen LogP contribution in [0.3, 0.4) is 0 Å². The van der Waals surface area contributed by atoms with Crippen LogP contribution >= 0.6 is 11.6 Å². The molecule has 2 aromatic carbocycles. The third-order valence-electron chi connectivity index (χ3n) is 4.62. The number of hydrogen-bond acceptors (Lipinski definition) is 3. The minimum atomic E-state index is -3.74. The van der Waals surface area contributed by atoms with Crippen molar-refractivity contribution in [1.29, 1.82) is 0 Å². The van der Waals surface area contributed by atoms with E-state index in [1.807, 2.05) is 37.3 Å². The topological polar surface area (TPSA) is 54.5 Å². The quantitative estimate of drug-likeness (QED) is 0.771. The maximum atomic E-state index is 13.1. The minimum Gasteiger partial charge on any atom is -0.337 e. The molecule has 1 aliphatic carbocycles. The molecule has 6 heteroatoms. The lowest BCUT2D eigenvalue weighted by Gasteiger charge is -2.26. The third kappa shape index (κ3) is 3.31. The van der Waals surface area contributed by atoms with Gasteiger partial charge in [-0.15, -0.1) is 0 Å². The van der Waals surface area contributed by atoms with Gasteiger partial charge in [-0.1, -0.05) is 41.9 Å². The first-order valence-electron chi connectivity index (χ1n) is 8.24. The Morgan fingerprint density at radius 3 is 2.20 bits per heavy atom. The van der Waals surface area contributed by atoms with Crippen LogP contribution in [0.5, 0.6) is 0 Å². The van der Waals surface area contributed by atoms with Crippen molar-refractivity contribution in [2.24, 2.45) is 0 Å². The number of nitrogens with zero attached hydrogens (tertiary/aromatic N) is 1. The number of amides is 1. The van der Waals surface area contributed by atoms with E-state index < -0.39 is 14.6 Å². The smallest absolute Gasteiger partial charge is 0.244 e. The SMILES string of the molecule is CCN(Cc1ccccc1)C(=O)C1(S(=O)(=O)c2ccc(Cl)cc2)CC1. The summed E-state index contributed by atoms with van der Waals surface area (Å²) >= 11 is 5.85. The summed E-state index contributed by atoms with van der Waals surface area (Å²) in [7, 11) is -3.74. The Bertz CT molecular complexity index is 859. The predicted molar refractivity (Wildman–Crippen MR) is 98.1 cm³/mol. The van der Waals surface area contributed by atoms with Gasteiger partial charge in [-0.2, -0.15) is 0 Å². The van der Waals surface area contributed by atoms with Crippen molar-refractivity contribution in [2.75, 3.05) is 6.54 Å². The summed E-state index contributed by atoms with van der Waals surface area (Å²) in [4.78, 5) is 14.8. The van der Waals surface area contributed by atoms with Crippen molar-refractivity contribution in [3.8, 4) is 0 Å². The number of benzene rings is 2. The van der Waals surface area contributed by atoms with Gasteiger partial charge >= 0.3 is 0 Å². The summed E-state index contributed by atoms with van der Waals surface area (Å²) in [5.74, 6) is -0.311. The fourth-order valence-corrected chi connectivity index (χ4v) is 5.04. The monoisotopic (exact) mass is 377 g/mol. The van der Waals surface area contributed by atoms with Crippen LogP contribution in [0.1, 0.15) is 25.3 Å². The minimum absolute atomic E-state index is 0.151. The van der Waals surface area contributed by atoms with Crippen molar-refractivity contribution < 1.29 is 13.2 Å². The highest BCUT2D eigenvalue weighted by Gasteiger charge is 2.62. The largest absolute Gasteiger partial charge is 0.337 e. The first-order chi connectivity index (χ1) is 11.9. The molecule has 132 valence electrons. The Morgan fingerprint density at radius 1 is 1.08 bits per heavy atom. The number of rotatable bonds is 6. The average Bonchev–Trinajstić information content (AvgIpc) is 3.43. The van der Waals surface area contributed by atoms with Crippen LogP contribution in [0, 0.1) is 0 Å². The molecule has 0 bridgehead atoms. The van der Waals surface area contributed by atoms with E-state index in [9.17, 15) is 13.2 Å². The Labute approximate surface area is 153 Å². The number of carbonyl (C=O) groups excluding carboxylic acids is 1. The van der Waals surface area contributed by atoms with Gasteiger partial charge in [-0.25, -0.2) is 8.42 Å². The fourth-order valence-electron chi connectivity index (χ4n) is 2.97. The van der Waals surface area contributed by atoms with Crippen LogP contribution in [0.25, 0.3) is 0 Å². The number of sulfone groups is 1. The average molecular weight is 378 g/mol. The molecule has 0 radical (unpaired) electrons. The lowest BCUT2D eigenvalue weighted by Crippen LogP contribution is -2.44. The van der Waals surface area contributed by atoms with Crippen molar-refractivity contribution >= 4 is 27.3 Å². The summed E-state index contributed by atoms with van der Waals surface area (Å²) in [6.45, 7) is 2.74. The van der Waals surface area contributed by atoms with Crippen molar-refractivity contribution in [3.63, 3.8) is 0 Å². The highest BCUT2D eigenvalue weighted by molar-refractivity contribution is 7.94. The molecule has 4 nitrogen and oxygen atoms in total. The maximum Gasteiger partial charge on any atom is 0.244 e. The number of hydrogen-bond donors (Lipinski definition) is 0. The van der Waals surface area contributed by atoms with Crippen LogP contribution in [0.15, 0.2) is 59.5 Å². The molecular weight excluding hydrogens is 358 g/mol. The molecule has 0 aliphatic heterocycles. The van der Waals surface area contributed by atoms with E-state index in [1.165, 1.54) is 24.3 Å². The molecular formula is C19H20ClNO3S. The zero-order valence-electron chi connectivity index (χ0n) is 14.0. The predicted octanol–water partition coefficient (Wildman–Crippen LogP) is 3.70. The van der Waals surface area contributed by atoms with Gasteiger partial charge < -0.3 is 4.90 Å². The van der Waals surface area contributed by atoms with Gasteiger partial charge in [0.1, 0.15) is 0 Å². The number of carbonyl (C=O) groups is 1. The van der Waals surface area contributed by atoms with E-state index in [0.29, 0.717) is 31.0 Å². The molecule has 0 N–H and O–H groups in total. The molecule has 0 atom stereocenters. The summed E-state index contributed by atoms with van der Waals surface area (Å²) in [6, 6.07) is 15.6. The highest BCUT2D eigenvalue weighted by Crippen LogP contribution is 2.48. The Hall–Kier alpha value is -1.85. The number of halogens is 1. The molecule has 0 heterocycles. The second-order valence-corrected chi connectivity index (χ2v) is 8.95. The van der Waals surface area contributed by atoms with E-state index >= 15 is 0 Å². The Morgan fingerprint density at radius 2 is 1.68 bits per heavy atom. The van der Waals surface area contributed by atoms with Gasteiger partial charge in [0.25, 0.3) is 0 Å². The standard InChI is InChI=1S/C19H20ClNO3S/c1-2-21(14-15-6-4-3-5-7-15)18(22)19(12-13-19)25(23,24)17-10-8-16(20)9-11-17/h3-11H,2,12-14H2,1H3. The van der Waals surface area contributed by atoms with Crippen LogP contribution in [0.4, 0.5) is 0 Å². The molecule has 0 saturated heterocycles. The third-order valence-corrected chi connectivity index (χ3v) is 7.37. The van der Waals surface area contributed by atoms with Crippen LogP contribution in [0.2, 0.25) is 5.02 Å². The molecule has 1 saturated carbocycles. The first kappa shape index (κ1) is 18.0. The van der Waals surface area contributed by atoms with Gasteiger partial charge in [0.15, 0.2) is 14.6 Å². The second kappa shape index (κ2) is 6.81. The maximum absolute atomic E-state index is 13.1. The van der Waals surface area contributed by atoms with E-state index in [2.05, 4.69) is 0 Å². The van der Waals surface area contributed by atoms with Gasteiger partial charge in [-0.05, 0) is 49.6 Å². The van der Waals surface area contributed by atoms with E-state index in [4.69, 9.17) is 11.6 Å². The Balaban J connectivity index is 1.88. The molecule has 1 aliphatic rings. The lowest BCUT2D eigenvalue weighted by atomic mass is 10.2. The van der Waals surface area contributed by atoms with Crippen LogP contribution in [-0.2, 0) is 21.2 Å². The molecule has 0 spiro atoms. The first-order valence-corrected chi connectivity index (χ1v) is 10.1. The highest BCUT2D eigenvalue weighted by atomic mass is 35.5. The zero-order valence-corrected chi connectivity index (χ0v) is 15.6. The van der Waals surface area contributed by atoms with E-state index in [-0.39, 0.29) is 10.8 Å². The van der Waals surface area contributed by atoms with Gasteiger partial charge in [0.05, 0.1) is 4.90 Å². The normalized spacial score (nSPS) is 15.6. The molecule has 2 aromatic rings. The van der Waals surface area contributed by atoms with Crippen molar-refractivity contribution in [1.82, 2.24) is 4.90 Å². The Kier molecular flexibility index (Phi) is 4.89. The molecule has 3 rings (SSSR count). The van der Waals surface area contributed by atoms with Crippen LogP contribution in [-0.4, -0.2) is 30.5 Å². The van der Waals surface area contributed by atoms with Crippen molar-refractivity contribution in [2.45, 2.75) is 36.0 Å². The van der Waals surface area contributed by atoms with Crippen LogP contribution < -0.4 is 0 Å². The second-order valence-electron chi connectivity index (χ2n) is 6.26. The molecule has 0 aromatic heterocycles. The van der Waals surface area contributed by atoms with Gasteiger partial charge in [-0.3, -0.25) is 4.79 Å². The molecule has 1 amide bonds. The lowest BCUT2D eigenvalue weighted by molar-refractivity contribution is -0.131. The van der Waals surface area contributed by atoms with Gasteiger partial charge in [0, 0.05) is 18.1 Å². The van der Waals surface area contributed by atoms with E-state index in [0.717, 1.165) is 5.56 Å². The summed E-state index contributed by atoms with van der Waals surface area (Å²) in [5.41, 5.74) is 0.984. The van der Waals surface area contributed by atoms with Crippen molar-refractivity contribution in [3.05, 3.63) is 65.2 Å². The summed E-state index contributed by atoms with van der Waals surface area (Å²) in [5, 5.41) is 0.467. The van der Waals surface area contributed by atoms with E-state index in [1.54, 1.807) is 4.90 Å². The van der Waals surface area contributed by atoms with Gasteiger partial charge in [0.2, 0.25) is 5.91 Å². The summed E-state index contributed by atoms with van der Waals surface area (Å²) < 4.78 is 24.8. The summed E-state index contributed by atoms with van der Waals surface area (Å²) in [6.07, 6.45) is 0.726.